The van der Waals surface area contributed by atoms with Crippen molar-refractivity contribution in [2.45, 2.75) is 31.8 Å². The van der Waals surface area contributed by atoms with Gasteiger partial charge in [-0.05, 0) is 30.9 Å². The van der Waals surface area contributed by atoms with E-state index in [9.17, 15) is 0 Å². The molecule has 4 nitrogen and oxygen atoms in total. The number of anilines is 1. The van der Waals surface area contributed by atoms with E-state index in [-0.39, 0.29) is 6.61 Å². The van der Waals surface area contributed by atoms with Gasteiger partial charge in [-0.25, -0.2) is 4.98 Å². The number of nitrogens with two attached hydrogens (primary N) is 1. The van der Waals surface area contributed by atoms with Gasteiger partial charge in [-0.15, -0.1) is 0 Å². The summed E-state index contributed by atoms with van der Waals surface area (Å²) in [6.45, 7) is 1.10. The highest BCUT2D eigenvalue weighted by atomic mass is 35.5. The Balaban J connectivity index is 2.28. The van der Waals surface area contributed by atoms with Crippen molar-refractivity contribution in [3.8, 4) is 0 Å². The molecule has 0 atom stereocenters. The number of pyridine rings is 1. The topological polar surface area (TPSA) is 62.4 Å². The summed E-state index contributed by atoms with van der Waals surface area (Å²) < 4.78 is 0. The van der Waals surface area contributed by atoms with Crippen LogP contribution in [0.1, 0.15) is 24.8 Å². The Morgan fingerprint density at radius 2 is 2.29 bits per heavy atom. The SMILES string of the molecule is NCc1ccnc(N(CCO)C2CCC2)c1Cl. The van der Waals surface area contributed by atoms with Crippen molar-refractivity contribution in [1.29, 1.82) is 0 Å². The van der Waals surface area contributed by atoms with Crippen LogP contribution in [0, 0.1) is 0 Å². The zero-order valence-corrected chi connectivity index (χ0v) is 10.5. The summed E-state index contributed by atoms with van der Waals surface area (Å²) in [6, 6.07) is 2.30. The molecule has 1 aromatic heterocycles. The van der Waals surface area contributed by atoms with E-state index in [2.05, 4.69) is 9.88 Å². The molecule has 0 aliphatic heterocycles. The Morgan fingerprint density at radius 1 is 1.53 bits per heavy atom. The number of halogens is 1. The highest BCUT2D eigenvalue weighted by molar-refractivity contribution is 6.33. The lowest BCUT2D eigenvalue weighted by atomic mass is 9.91. The minimum Gasteiger partial charge on any atom is -0.395 e. The molecule has 0 unspecified atom stereocenters. The second kappa shape index (κ2) is 5.67. The van der Waals surface area contributed by atoms with Crippen LogP contribution < -0.4 is 10.6 Å². The molecule has 1 aliphatic carbocycles. The summed E-state index contributed by atoms with van der Waals surface area (Å²) in [7, 11) is 0. The largest absolute Gasteiger partial charge is 0.395 e. The minimum absolute atomic E-state index is 0.112. The first-order valence-corrected chi connectivity index (χ1v) is 6.36. The zero-order valence-electron chi connectivity index (χ0n) is 9.77. The van der Waals surface area contributed by atoms with Gasteiger partial charge in [0.25, 0.3) is 0 Å². The van der Waals surface area contributed by atoms with Crippen molar-refractivity contribution >= 4 is 17.4 Å². The van der Waals surface area contributed by atoms with Gasteiger partial charge in [0.1, 0.15) is 5.82 Å². The monoisotopic (exact) mass is 255 g/mol. The molecule has 0 spiro atoms. The average molecular weight is 256 g/mol. The molecule has 1 saturated carbocycles. The zero-order chi connectivity index (χ0) is 12.3. The van der Waals surface area contributed by atoms with Crippen molar-refractivity contribution in [2.24, 2.45) is 5.73 Å². The van der Waals surface area contributed by atoms with Crippen LogP contribution in [0.15, 0.2) is 12.3 Å². The number of rotatable bonds is 5. The molecule has 0 radical (unpaired) electrons. The molecule has 1 aliphatic rings. The summed E-state index contributed by atoms with van der Waals surface area (Å²) in [5, 5.41) is 9.77. The molecule has 94 valence electrons. The molecule has 2 rings (SSSR count). The van der Waals surface area contributed by atoms with E-state index < -0.39 is 0 Å². The quantitative estimate of drug-likeness (QED) is 0.838. The van der Waals surface area contributed by atoms with Gasteiger partial charge in [-0.2, -0.15) is 0 Å². The Hall–Kier alpha value is -0.840. The molecular weight excluding hydrogens is 238 g/mol. The van der Waals surface area contributed by atoms with Gasteiger partial charge in [0.2, 0.25) is 0 Å². The molecule has 17 heavy (non-hydrogen) atoms. The van der Waals surface area contributed by atoms with Crippen LogP contribution in [0.2, 0.25) is 5.02 Å². The maximum Gasteiger partial charge on any atom is 0.148 e. The fourth-order valence-corrected chi connectivity index (χ4v) is 2.39. The Kier molecular flexibility index (Phi) is 4.20. The average Bonchev–Trinajstić information content (AvgIpc) is 2.26. The van der Waals surface area contributed by atoms with Crippen molar-refractivity contribution in [3.05, 3.63) is 22.8 Å². The van der Waals surface area contributed by atoms with Crippen LogP contribution >= 0.6 is 11.6 Å². The predicted octanol–water partition coefficient (Wildman–Crippen LogP) is 1.54. The van der Waals surface area contributed by atoms with E-state index in [1.54, 1.807) is 6.20 Å². The molecule has 0 amide bonds. The molecule has 3 N–H and O–H groups in total. The second-order valence-electron chi connectivity index (χ2n) is 4.31. The number of nitrogens with zero attached hydrogens (tertiary/aromatic N) is 2. The normalized spacial score (nSPS) is 15.7. The van der Waals surface area contributed by atoms with Crippen LogP contribution in [0.3, 0.4) is 0 Å². The maximum atomic E-state index is 9.15. The third-order valence-corrected chi connectivity index (χ3v) is 3.71. The van der Waals surface area contributed by atoms with Crippen LogP contribution in [-0.2, 0) is 6.54 Å². The molecule has 1 fully saturated rings. The number of aliphatic hydroxyl groups excluding tert-OH is 1. The van der Waals surface area contributed by atoms with Gasteiger partial charge in [0.05, 0.1) is 11.6 Å². The molecule has 0 bridgehead atoms. The van der Waals surface area contributed by atoms with Gasteiger partial charge >= 0.3 is 0 Å². The lowest BCUT2D eigenvalue weighted by Gasteiger charge is -2.38. The van der Waals surface area contributed by atoms with Crippen LogP contribution in [0.25, 0.3) is 0 Å². The van der Waals surface area contributed by atoms with E-state index >= 15 is 0 Å². The highest BCUT2D eigenvalue weighted by Gasteiger charge is 2.27. The smallest absolute Gasteiger partial charge is 0.148 e. The summed E-state index contributed by atoms with van der Waals surface area (Å²) in [4.78, 5) is 6.44. The van der Waals surface area contributed by atoms with Crippen molar-refractivity contribution in [3.63, 3.8) is 0 Å². The molecule has 1 aromatic rings. The minimum atomic E-state index is 0.112. The highest BCUT2D eigenvalue weighted by Crippen LogP contribution is 2.33. The van der Waals surface area contributed by atoms with Crippen LogP contribution in [0.5, 0.6) is 0 Å². The Morgan fingerprint density at radius 3 is 2.82 bits per heavy atom. The van der Waals surface area contributed by atoms with Gasteiger partial charge in [0, 0.05) is 25.3 Å². The first-order valence-electron chi connectivity index (χ1n) is 5.99. The van der Waals surface area contributed by atoms with Gasteiger partial charge < -0.3 is 15.7 Å². The third kappa shape index (κ3) is 2.54. The van der Waals surface area contributed by atoms with E-state index in [4.69, 9.17) is 22.4 Å². The molecule has 0 aromatic carbocycles. The van der Waals surface area contributed by atoms with Gasteiger partial charge in [0.15, 0.2) is 0 Å². The standard InChI is InChI=1S/C12H18ClN3O/c13-11-9(8-14)4-5-15-12(11)16(6-7-17)10-2-1-3-10/h4-5,10,17H,1-3,6-8,14H2. The summed E-state index contributed by atoms with van der Waals surface area (Å²) in [5.41, 5.74) is 6.54. The first kappa shape index (κ1) is 12.6. The molecular formula is C12H18ClN3O. The van der Waals surface area contributed by atoms with Crippen molar-refractivity contribution < 1.29 is 5.11 Å². The number of hydrogen-bond donors (Lipinski definition) is 2. The lowest BCUT2D eigenvalue weighted by molar-refractivity contribution is 0.283. The van der Waals surface area contributed by atoms with E-state index in [0.717, 1.165) is 24.2 Å². The summed E-state index contributed by atoms with van der Waals surface area (Å²) in [5.74, 6) is 0.758. The molecule has 1 heterocycles. The fraction of sp³-hybridized carbons (Fsp3) is 0.583. The Bertz CT molecular complexity index is 382. The lowest BCUT2D eigenvalue weighted by Crippen LogP contribution is -2.42. The van der Waals surface area contributed by atoms with Gasteiger partial charge in [-0.3, -0.25) is 0 Å². The maximum absolute atomic E-state index is 9.15. The van der Waals surface area contributed by atoms with E-state index in [0.29, 0.717) is 24.2 Å². The number of hydrogen-bond acceptors (Lipinski definition) is 4. The second-order valence-corrected chi connectivity index (χ2v) is 4.69. The summed E-state index contributed by atoms with van der Waals surface area (Å²) in [6.07, 6.45) is 5.25. The van der Waals surface area contributed by atoms with Crippen molar-refractivity contribution in [2.75, 3.05) is 18.1 Å². The van der Waals surface area contributed by atoms with E-state index in [1.807, 2.05) is 6.07 Å². The fourth-order valence-electron chi connectivity index (χ4n) is 2.10. The van der Waals surface area contributed by atoms with E-state index in [1.165, 1.54) is 6.42 Å². The van der Waals surface area contributed by atoms with Crippen LogP contribution in [0.4, 0.5) is 5.82 Å². The number of aliphatic hydroxyl groups is 1. The Labute approximate surface area is 106 Å². The number of aromatic nitrogens is 1. The summed E-state index contributed by atoms with van der Waals surface area (Å²) >= 11 is 6.30. The predicted molar refractivity (Wildman–Crippen MR) is 69.2 cm³/mol. The van der Waals surface area contributed by atoms with Gasteiger partial charge in [-0.1, -0.05) is 11.6 Å². The van der Waals surface area contributed by atoms with Crippen LogP contribution in [-0.4, -0.2) is 29.3 Å². The van der Waals surface area contributed by atoms with Crippen molar-refractivity contribution in [1.82, 2.24) is 4.98 Å². The first-order chi connectivity index (χ1) is 8.27. The molecule has 5 heteroatoms. The third-order valence-electron chi connectivity index (χ3n) is 3.30. The molecule has 0 saturated heterocycles.